The highest BCUT2D eigenvalue weighted by atomic mass is 32.2. The first-order valence-electron chi connectivity index (χ1n) is 9.50. The molecule has 0 unspecified atom stereocenters. The Balaban J connectivity index is 1.81. The number of allylic oxidation sites excluding steroid dienone is 2. The first-order chi connectivity index (χ1) is 16.0. The highest BCUT2D eigenvalue weighted by molar-refractivity contribution is 7.96. The minimum atomic E-state index is -4.83. The average Bonchev–Trinajstić information content (AvgIpc) is 2.78. The van der Waals surface area contributed by atoms with Crippen LogP contribution >= 0.6 is 0 Å². The van der Waals surface area contributed by atoms with Gasteiger partial charge in [0.1, 0.15) is 5.82 Å². The number of rotatable bonds is 5. The van der Waals surface area contributed by atoms with Gasteiger partial charge in [0.25, 0.3) is 10.0 Å². The van der Waals surface area contributed by atoms with Gasteiger partial charge in [0.15, 0.2) is 10.9 Å². The van der Waals surface area contributed by atoms with Crippen molar-refractivity contribution < 1.29 is 30.4 Å². The molecule has 34 heavy (non-hydrogen) atoms. The number of pyridine rings is 1. The van der Waals surface area contributed by atoms with Crippen LogP contribution in [-0.2, 0) is 16.2 Å². The van der Waals surface area contributed by atoms with Gasteiger partial charge < -0.3 is 5.32 Å². The third kappa shape index (κ3) is 4.88. The quantitative estimate of drug-likeness (QED) is 0.398. The molecular formula is C21H14F5N5O2S. The Labute approximate surface area is 190 Å². The summed E-state index contributed by atoms with van der Waals surface area (Å²) in [6, 6.07) is 5.27. The minimum absolute atomic E-state index is 0.00783. The average molecular weight is 495 g/mol. The summed E-state index contributed by atoms with van der Waals surface area (Å²) in [5, 5.41) is 0.658. The van der Waals surface area contributed by atoms with Gasteiger partial charge in [-0.05, 0) is 24.3 Å². The normalized spacial score (nSPS) is 15.4. The number of nitrogens with zero attached hydrogens (tertiary/aromatic N) is 3. The molecule has 1 aliphatic heterocycles. The predicted molar refractivity (Wildman–Crippen MR) is 114 cm³/mol. The molecule has 7 nitrogen and oxygen atoms in total. The van der Waals surface area contributed by atoms with Crippen LogP contribution in [0.15, 0.2) is 78.1 Å². The van der Waals surface area contributed by atoms with Gasteiger partial charge in [0.2, 0.25) is 0 Å². The van der Waals surface area contributed by atoms with Crippen LogP contribution in [0.5, 0.6) is 0 Å². The van der Waals surface area contributed by atoms with Gasteiger partial charge >= 0.3 is 12.2 Å². The number of alkyl halides is 5. The second kappa shape index (κ2) is 8.48. The van der Waals surface area contributed by atoms with E-state index in [1.54, 1.807) is 6.07 Å². The molecule has 1 aliphatic rings. The maximum atomic E-state index is 13.8. The number of hydrogen-bond donors (Lipinski definition) is 2. The summed E-state index contributed by atoms with van der Waals surface area (Å²) >= 11 is 0. The second-order valence-electron chi connectivity index (χ2n) is 6.95. The van der Waals surface area contributed by atoms with Gasteiger partial charge in [0, 0.05) is 29.6 Å². The highest BCUT2D eigenvalue weighted by Gasteiger charge is 2.36. The van der Waals surface area contributed by atoms with Gasteiger partial charge in [-0.3, -0.25) is 4.72 Å². The van der Waals surface area contributed by atoms with Crippen molar-refractivity contribution in [2.75, 3.05) is 4.72 Å². The number of nitrogens with one attached hydrogen (secondary N) is 2. The standard InChI is InChI=1S/C21H14F5N5O2S/c22-20(23)10-3-7-17(30-20)34(32,33)31-16-9-8-15(21(24,25)26)18(29-16)13-5-1-2-6-14(13)19-27-11-4-12-28-19/h1-12,30H,(H,29,31). The van der Waals surface area contributed by atoms with Crippen LogP contribution in [0.2, 0.25) is 0 Å². The molecule has 2 aromatic heterocycles. The summed E-state index contributed by atoms with van der Waals surface area (Å²) in [5.74, 6) is -0.378. The molecule has 13 heteroatoms. The van der Waals surface area contributed by atoms with E-state index in [0.717, 1.165) is 18.2 Å². The van der Waals surface area contributed by atoms with Crippen LogP contribution < -0.4 is 10.0 Å². The Morgan fingerprint density at radius 2 is 1.62 bits per heavy atom. The Kier molecular flexibility index (Phi) is 5.81. The van der Waals surface area contributed by atoms with Crippen LogP contribution in [-0.4, -0.2) is 29.4 Å². The fourth-order valence-electron chi connectivity index (χ4n) is 3.13. The second-order valence-corrected chi connectivity index (χ2v) is 8.60. The van der Waals surface area contributed by atoms with Crippen molar-refractivity contribution in [1.29, 1.82) is 0 Å². The molecule has 0 aliphatic carbocycles. The number of anilines is 1. The molecule has 0 saturated heterocycles. The maximum absolute atomic E-state index is 13.8. The van der Waals surface area contributed by atoms with Crippen molar-refractivity contribution in [3.8, 4) is 22.6 Å². The fourth-order valence-corrected chi connectivity index (χ4v) is 4.15. The van der Waals surface area contributed by atoms with Crippen LogP contribution in [0, 0.1) is 0 Å². The van der Waals surface area contributed by atoms with Crippen LogP contribution in [0.4, 0.5) is 27.8 Å². The fraction of sp³-hybridized carbons (Fsp3) is 0.0952. The summed E-state index contributed by atoms with van der Waals surface area (Å²) in [7, 11) is -4.62. The number of halogens is 5. The molecule has 1 aromatic carbocycles. The van der Waals surface area contributed by atoms with Crippen molar-refractivity contribution in [1.82, 2.24) is 20.3 Å². The van der Waals surface area contributed by atoms with Gasteiger partial charge in [-0.25, -0.2) is 15.0 Å². The van der Waals surface area contributed by atoms with E-state index in [-0.39, 0.29) is 17.0 Å². The molecule has 0 saturated carbocycles. The predicted octanol–water partition coefficient (Wildman–Crippen LogP) is 4.56. The lowest BCUT2D eigenvalue weighted by Gasteiger charge is -2.21. The van der Waals surface area contributed by atoms with E-state index < -0.39 is 44.4 Å². The van der Waals surface area contributed by atoms with Gasteiger partial charge in [0.05, 0.1) is 11.3 Å². The Morgan fingerprint density at radius 1 is 0.941 bits per heavy atom. The van der Waals surface area contributed by atoms with Gasteiger partial charge in [-0.15, -0.1) is 0 Å². The lowest BCUT2D eigenvalue weighted by Crippen LogP contribution is -2.39. The molecule has 0 amide bonds. The highest BCUT2D eigenvalue weighted by Crippen LogP contribution is 2.40. The molecule has 2 N–H and O–H groups in total. The molecular weight excluding hydrogens is 481 g/mol. The van der Waals surface area contributed by atoms with E-state index in [9.17, 15) is 30.4 Å². The zero-order chi connectivity index (χ0) is 24.6. The lowest BCUT2D eigenvalue weighted by atomic mass is 9.99. The van der Waals surface area contributed by atoms with Crippen molar-refractivity contribution in [3.63, 3.8) is 0 Å². The zero-order valence-corrected chi connectivity index (χ0v) is 17.7. The number of hydrogen-bond acceptors (Lipinski definition) is 6. The number of sulfonamides is 1. The van der Waals surface area contributed by atoms with Crippen molar-refractivity contribution >= 4 is 15.8 Å². The maximum Gasteiger partial charge on any atom is 0.418 e. The van der Waals surface area contributed by atoms with Crippen molar-refractivity contribution in [3.05, 3.63) is 83.7 Å². The van der Waals surface area contributed by atoms with Gasteiger partial charge in [-0.2, -0.15) is 30.4 Å². The first kappa shape index (κ1) is 23.3. The Hall–Kier alpha value is -3.87. The van der Waals surface area contributed by atoms with E-state index in [1.807, 2.05) is 4.72 Å². The number of aromatic nitrogens is 3. The summed E-state index contributed by atoms with van der Waals surface area (Å²) in [4.78, 5) is 12.0. The SMILES string of the molecule is O=S(=O)(Nc1ccc(C(F)(F)F)c(-c2ccccc2-c2ncccn2)n1)C1=CC=CC(F)(F)N1. The number of benzene rings is 1. The van der Waals surface area contributed by atoms with Crippen LogP contribution in [0.25, 0.3) is 22.6 Å². The molecule has 0 radical (unpaired) electrons. The van der Waals surface area contributed by atoms with E-state index in [2.05, 4.69) is 15.0 Å². The molecule has 4 rings (SSSR count). The van der Waals surface area contributed by atoms with Crippen LogP contribution in [0.1, 0.15) is 5.56 Å². The van der Waals surface area contributed by atoms with Gasteiger partial charge in [-0.1, -0.05) is 30.3 Å². The third-order valence-corrected chi connectivity index (χ3v) is 5.86. The van der Waals surface area contributed by atoms with E-state index >= 15 is 0 Å². The smallest absolute Gasteiger partial charge is 0.312 e. The monoisotopic (exact) mass is 495 g/mol. The molecule has 0 spiro atoms. The Bertz CT molecular complexity index is 1390. The molecule has 0 fully saturated rings. The minimum Gasteiger partial charge on any atom is -0.312 e. The number of dihydropyridines is 1. The molecule has 3 aromatic rings. The van der Waals surface area contributed by atoms with Crippen molar-refractivity contribution in [2.24, 2.45) is 0 Å². The molecule has 176 valence electrons. The third-order valence-electron chi connectivity index (χ3n) is 4.56. The largest absolute Gasteiger partial charge is 0.418 e. The zero-order valence-electron chi connectivity index (χ0n) is 16.9. The first-order valence-corrected chi connectivity index (χ1v) is 11.0. The molecule has 0 atom stereocenters. The lowest BCUT2D eigenvalue weighted by molar-refractivity contribution is -0.137. The topological polar surface area (TPSA) is 96.9 Å². The Morgan fingerprint density at radius 3 is 2.26 bits per heavy atom. The molecule has 3 heterocycles. The summed E-state index contributed by atoms with van der Waals surface area (Å²) < 4.78 is 95.5. The summed E-state index contributed by atoms with van der Waals surface area (Å²) in [5.41, 5.74) is -1.51. The van der Waals surface area contributed by atoms with Crippen LogP contribution in [0.3, 0.4) is 0 Å². The molecule has 0 bridgehead atoms. The van der Waals surface area contributed by atoms with E-state index in [1.165, 1.54) is 42.0 Å². The van der Waals surface area contributed by atoms with E-state index in [4.69, 9.17) is 0 Å². The summed E-state index contributed by atoms with van der Waals surface area (Å²) in [6.07, 6.45) is 0.168. The van der Waals surface area contributed by atoms with Crippen molar-refractivity contribution in [2.45, 2.75) is 12.2 Å². The van der Waals surface area contributed by atoms with E-state index in [0.29, 0.717) is 12.1 Å². The summed E-state index contributed by atoms with van der Waals surface area (Å²) in [6.45, 7) is 0.